The van der Waals surface area contributed by atoms with Gasteiger partial charge in [-0.05, 0) is 12.8 Å². The Bertz CT molecular complexity index is 351. The first-order valence-electron chi connectivity index (χ1n) is 10.3. The van der Waals surface area contributed by atoms with Crippen molar-refractivity contribution in [1.29, 1.82) is 0 Å². The highest BCUT2D eigenvalue weighted by atomic mass is 16.6. The lowest BCUT2D eigenvalue weighted by atomic mass is 9.90. The molecule has 1 saturated heterocycles. The van der Waals surface area contributed by atoms with E-state index in [1.54, 1.807) is 0 Å². The topological polar surface area (TPSA) is 70.8 Å². The molecule has 0 bridgehead atoms. The van der Waals surface area contributed by atoms with E-state index in [4.69, 9.17) is 19.9 Å². The van der Waals surface area contributed by atoms with E-state index in [0.29, 0.717) is 13.2 Å². The fraction of sp³-hybridized carbons (Fsp3) is 0.950. The summed E-state index contributed by atoms with van der Waals surface area (Å²) in [5.41, 5.74) is 5.44. The molecule has 1 aliphatic heterocycles. The van der Waals surface area contributed by atoms with Crippen LogP contribution in [-0.2, 0) is 19.0 Å². The minimum Gasteiger partial charge on any atom is -0.456 e. The molecule has 0 unspecified atom stereocenters. The van der Waals surface area contributed by atoms with Crippen molar-refractivity contribution in [2.45, 2.75) is 96.9 Å². The highest BCUT2D eigenvalue weighted by molar-refractivity contribution is 5.71. The smallest absolute Gasteiger partial charge is 0.320 e. The third-order valence-corrected chi connectivity index (χ3v) is 4.87. The average Bonchev–Trinajstić information content (AvgIpc) is 2.62. The van der Waals surface area contributed by atoms with Crippen LogP contribution in [0.25, 0.3) is 0 Å². The van der Waals surface area contributed by atoms with E-state index < -0.39 is 0 Å². The summed E-state index contributed by atoms with van der Waals surface area (Å²) in [5.74, 6) is -0.162. The van der Waals surface area contributed by atoms with E-state index in [1.807, 2.05) is 0 Å². The molecule has 0 aromatic heterocycles. The van der Waals surface area contributed by atoms with Crippen LogP contribution < -0.4 is 5.73 Å². The monoisotopic (exact) mass is 357 g/mol. The summed E-state index contributed by atoms with van der Waals surface area (Å²) in [5, 5.41) is 0. The molecule has 25 heavy (non-hydrogen) atoms. The van der Waals surface area contributed by atoms with E-state index in [2.05, 4.69) is 20.8 Å². The van der Waals surface area contributed by atoms with Gasteiger partial charge in [-0.15, -0.1) is 0 Å². The number of unbranched alkanes of at least 4 members (excludes halogenated alkanes) is 6. The van der Waals surface area contributed by atoms with Crippen LogP contribution in [0.2, 0.25) is 0 Å². The van der Waals surface area contributed by atoms with Crippen molar-refractivity contribution in [2.75, 3.05) is 19.8 Å². The molecule has 5 nitrogen and oxygen atoms in total. The van der Waals surface area contributed by atoms with Crippen LogP contribution in [0.5, 0.6) is 0 Å². The zero-order valence-corrected chi connectivity index (χ0v) is 16.5. The summed E-state index contributed by atoms with van der Waals surface area (Å²) in [4.78, 5) is 11.8. The van der Waals surface area contributed by atoms with Crippen molar-refractivity contribution in [3.8, 4) is 0 Å². The van der Waals surface area contributed by atoms with Gasteiger partial charge >= 0.3 is 5.97 Å². The Labute approximate surface area is 154 Å². The predicted octanol–water partition coefficient (Wildman–Crippen LogP) is 3.83. The lowest BCUT2D eigenvalue weighted by molar-refractivity contribution is -0.204. The van der Waals surface area contributed by atoms with Gasteiger partial charge < -0.3 is 19.9 Å². The second kappa shape index (κ2) is 13.5. The Kier molecular flexibility index (Phi) is 12.1. The van der Waals surface area contributed by atoms with Crippen LogP contribution >= 0.6 is 0 Å². The first kappa shape index (κ1) is 22.4. The second-order valence-electron chi connectivity index (χ2n) is 7.25. The van der Waals surface area contributed by atoms with Crippen LogP contribution in [0.3, 0.4) is 0 Å². The summed E-state index contributed by atoms with van der Waals surface area (Å²) in [6, 6.07) is 0. The number of carbonyl (C=O) groups excluding carboxylic acids is 1. The molecule has 4 atom stereocenters. The van der Waals surface area contributed by atoms with E-state index in [0.717, 1.165) is 19.3 Å². The van der Waals surface area contributed by atoms with Crippen molar-refractivity contribution in [3.05, 3.63) is 0 Å². The molecule has 1 rings (SSSR count). The van der Waals surface area contributed by atoms with Gasteiger partial charge in [0, 0.05) is 12.5 Å². The zero-order valence-electron chi connectivity index (χ0n) is 16.5. The fourth-order valence-electron chi connectivity index (χ4n) is 3.41. The second-order valence-corrected chi connectivity index (χ2v) is 7.25. The maximum Gasteiger partial charge on any atom is 0.320 e. The van der Waals surface area contributed by atoms with Crippen LogP contribution in [0.1, 0.15) is 78.6 Å². The van der Waals surface area contributed by atoms with E-state index in [9.17, 15) is 4.79 Å². The maximum absolute atomic E-state index is 11.8. The Hall–Kier alpha value is -0.650. The minimum atomic E-state index is -0.377. The maximum atomic E-state index is 11.8. The summed E-state index contributed by atoms with van der Waals surface area (Å²) >= 11 is 0. The minimum absolute atomic E-state index is 0.0794. The Morgan fingerprint density at radius 1 is 1.04 bits per heavy atom. The summed E-state index contributed by atoms with van der Waals surface area (Å²) in [7, 11) is 0. The Morgan fingerprint density at radius 3 is 2.36 bits per heavy atom. The molecule has 0 aromatic rings. The quantitative estimate of drug-likeness (QED) is 0.401. The molecule has 0 spiro atoms. The number of ether oxygens (including phenoxy) is 3. The van der Waals surface area contributed by atoms with Gasteiger partial charge in [0.1, 0.15) is 6.10 Å². The lowest BCUT2D eigenvalue weighted by Gasteiger charge is -2.41. The molecule has 5 heteroatoms. The Morgan fingerprint density at radius 2 is 1.72 bits per heavy atom. The van der Waals surface area contributed by atoms with Gasteiger partial charge in [-0.25, -0.2) is 0 Å². The van der Waals surface area contributed by atoms with Gasteiger partial charge in [0.05, 0.1) is 19.3 Å². The normalized spacial score (nSPS) is 26.6. The first-order chi connectivity index (χ1) is 12.1. The third-order valence-electron chi connectivity index (χ3n) is 4.87. The molecule has 148 valence electrons. The van der Waals surface area contributed by atoms with Gasteiger partial charge in [-0.3, -0.25) is 4.79 Å². The van der Waals surface area contributed by atoms with Crippen LogP contribution in [0, 0.1) is 5.92 Å². The molecular weight excluding hydrogens is 318 g/mol. The molecule has 0 saturated carbocycles. The number of nitrogens with two attached hydrogens (primary N) is 1. The molecule has 0 aliphatic carbocycles. The molecule has 1 fully saturated rings. The highest BCUT2D eigenvalue weighted by Crippen LogP contribution is 2.29. The molecule has 0 amide bonds. The number of hydrogen-bond donors (Lipinski definition) is 1. The van der Waals surface area contributed by atoms with E-state index in [1.165, 1.54) is 38.5 Å². The predicted molar refractivity (Wildman–Crippen MR) is 100 cm³/mol. The van der Waals surface area contributed by atoms with Crippen LogP contribution in [0.15, 0.2) is 0 Å². The van der Waals surface area contributed by atoms with Crippen LogP contribution in [0.4, 0.5) is 0 Å². The summed E-state index contributed by atoms with van der Waals surface area (Å²) in [6.07, 6.45) is 10.2. The van der Waals surface area contributed by atoms with Crippen molar-refractivity contribution in [2.24, 2.45) is 11.7 Å². The molecular formula is C20H39NO4. The molecule has 0 radical (unpaired) electrons. The molecule has 1 heterocycles. The summed E-state index contributed by atoms with van der Waals surface area (Å²) < 4.78 is 17.6. The molecule has 2 N–H and O–H groups in total. The largest absolute Gasteiger partial charge is 0.456 e. The van der Waals surface area contributed by atoms with Gasteiger partial charge in [0.15, 0.2) is 6.10 Å². The zero-order chi connectivity index (χ0) is 18.5. The van der Waals surface area contributed by atoms with Crippen molar-refractivity contribution in [3.63, 3.8) is 0 Å². The SMILES string of the molecule is CCCCCCCCC[C@@H]1OC[C@H](C)[C@@H](OCCC)[C@@H]1OC(=O)CN. The van der Waals surface area contributed by atoms with Crippen molar-refractivity contribution >= 4 is 5.97 Å². The number of rotatable bonds is 13. The van der Waals surface area contributed by atoms with Gasteiger partial charge in [0.25, 0.3) is 0 Å². The standard InChI is InChI=1S/C20H39NO4/c1-4-6-7-8-9-10-11-12-17-20(25-18(22)14-21)19(23-13-5-2)16(3)15-24-17/h16-17,19-20H,4-15,21H2,1-3H3/t16-,17-,19+,20+/m0/s1. The van der Waals surface area contributed by atoms with E-state index in [-0.39, 0.29) is 36.7 Å². The number of carbonyl (C=O) groups is 1. The third kappa shape index (κ3) is 8.52. The van der Waals surface area contributed by atoms with Gasteiger partial charge in [-0.1, -0.05) is 65.7 Å². The van der Waals surface area contributed by atoms with Gasteiger partial charge in [-0.2, -0.15) is 0 Å². The van der Waals surface area contributed by atoms with Crippen molar-refractivity contribution < 1.29 is 19.0 Å². The summed E-state index contributed by atoms with van der Waals surface area (Å²) in [6.45, 7) is 7.65. The lowest BCUT2D eigenvalue weighted by Crippen LogP contribution is -2.53. The molecule has 0 aromatic carbocycles. The number of esters is 1. The van der Waals surface area contributed by atoms with E-state index >= 15 is 0 Å². The number of hydrogen-bond acceptors (Lipinski definition) is 5. The first-order valence-corrected chi connectivity index (χ1v) is 10.3. The Balaban J connectivity index is 2.50. The highest BCUT2D eigenvalue weighted by Gasteiger charge is 2.41. The fourth-order valence-corrected chi connectivity index (χ4v) is 3.41. The van der Waals surface area contributed by atoms with Gasteiger partial charge in [0.2, 0.25) is 0 Å². The average molecular weight is 358 g/mol. The molecule has 1 aliphatic rings. The van der Waals surface area contributed by atoms with Crippen LogP contribution in [-0.4, -0.2) is 44.0 Å². The van der Waals surface area contributed by atoms with Crippen molar-refractivity contribution in [1.82, 2.24) is 0 Å².